The van der Waals surface area contributed by atoms with Crippen molar-refractivity contribution in [3.8, 4) is 0 Å². The summed E-state index contributed by atoms with van der Waals surface area (Å²) in [6.45, 7) is 2.42. The van der Waals surface area contributed by atoms with Crippen molar-refractivity contribution < 1.29 is 4.79 Å². The molecule has 5 heteroatoms. The molecule has 6 rings (SSSR count). The summed E-state index contributed by atoms with van der Waals surface area (Å²) in [5.41, 5.74) is 3.05. The van der Waals surface area contributed by atoms with E-state index in [9.17, 15) is 9.59 Å². The van der Waals surface area contributed by atoms with Crippen molar-refractivity contribution in [1.82, 2.24) is 14.5 Å². The third-order valence-electron chi connectivity index (χ3n) is 7.02. The highest BCUT2D eigenvalue weighted by molar-refractivity contribution is 5.85. The third-order valence-corrected chi connectivity index (χ3v) is 7.02. The van der Waals surface area contributed by atoms with Crippen LogP contribution in [0.5, 0.6) is 0 Å². The zero-order valence-corrected chi connectivity index (χ0v) is 17.9. The Hall–Kier alpha value is -3.73. The second kappa shape index (κ2) is 6.89. The maximum absolute atomic E-state index is 13.8. The second-order valence-electron chi connectivity index (χ2n) is 8.72. The zero-order chi connectivity index (χ0) is 21.9. The fourth-order valence-corrected chi connectivity index (χ4v) is 5.54. The number of para-hydroxylation sites is 1. The maximum Gasteiger partial charge on any atom is 0.262 e. The van der Waals surface area contributed by atoms with Gasteiger partial charge in [0, 0.05) is 13.0 Å². The van der Waals surface area contributed by atoms with Crippen molar-refractivity contribution in [3.63, 3.8) is 0 Å². The molecule has 1 amide bonds. The van der Waals surface area contributed by atoms with Crippen LogP contribution in [0, 0.1) is 0 Å². The van der Waals surface area contributed by atoms with Gasteiger partial charge in [0.15, 0.2) is 0 Å². The van der Waals surface area contributed by atoms with Gasteiger partial charge >= 0.3 is 0 Å². The molecule has 1 aromatic heterocycles. The van der Waals surface area contributed by atoms with Gasteiger partial charge < -0.3 is 4.90 Å². The van der Waals surface area contributed by atoms with E-state index >= 15 is 0 Å². The fraction of sp³-hybridized carbons (Fsp3) is 0.222. The van der Waals surface area contributed by atoms with Crippen LogP contribution in [0.4, 0.5) is 0 Å². The summed E-state index contributed by atoms with van der Waals surface area (Å²) in [5.74, 6) is 0.631. The first-order chi connectivity index (χ1) is 15.6. The predicted molar refractivity (Wildman–Crippen MR) is 123 cm³/mol. The molecule has 158 valence electrons. The molecule has 3 heterocycles. The maximum atomic E-state index is 13.8. The number of nitrogens with zero attached hydrogens (tertiary/aromatic N) is 3. The molecular formula is C27H23N3O2. The Morgan fingerprint density at radius 1 is 0.938 bits per heavy atom. The van der Waals surface area contributed by atoms with Crippen molar-refractivity contribution >= 4 is 16.8 Å². The monoisotopic (exact) mass is 421 g/mol. The quantitative estimate of drug-likeness (QED) is 0.494. The van der Waals surface area contributed by atoms with Gasteiger partial charge in [-0.25, -0.2) is 4.98 Å². The number of hydrogen-bond donors (Lipinski definition) is 0. The van der Waals surface area contributed by atoms with E-state index in [1.165, 1.54) is 5.56 Å². The van der Waals surface area contributed by atoms with Crippen LogP contribution in [0.3, 0.4) is 0 Å². The smallest absolute Gasteiger partial charge is 0.262 e. The number of carbonyl (C=O) groups is 1. The Bertz CT molecular complexity index is 1430. The van der Waals surface area contributed by atoms with Crippen LogP contribution in [-0.2, 0) is 23.2 Å². The molecule has 0 N–H and O–H groups in total. The molecule has 0 unspecified atom stereocenters. The van der Waals surface area contributed by atoms with Gasteiger partial charge in [-0.2, -0.15) is 0 Å². The lowest BCUT2D eigenvalue weighted by Gasteiger charge is -2.52. The van der Waals surface area contributed by atoms with Gasteiger partial charge in [-0.1, -0.05) is 66.7 Å². The molecule has 0 radical (unpaired) electrons. The Morgan fingerprint density at radius 3 is 2.50 bits per heavy atom. The molecule has 0 bridgehead atoms. The van der Waals surface area contributed by atoms with Gasteiger partial charge in [0.1, 0.15) is 17.4 Å². The molecule has 32 heavy (non-hydrogen) atoms. The Kier molecular flexibility index (Phi) is 4.09. The summed E-state index contributed by atoms with van der Waals surface area (Å²) in [7, 11) is 0. The van der Waals surface area contributed by atoms with E-state index in [1.807, 2.05) is 60.4 Å². The summed E-state index contributed by atoms with van der Waals surface area (Å²) in [4.78, 5) is 34.5. The van der Waals surface area contributed by atoms with Crippen molar-refractivity contribution in [3.05, 3.63) is 112 Å². The van der Waals surface area contributed by atoms with Crippen LogP contribution in [0.2, 0.25) is 0 Å². The lowest BCUT2D eigenvalue weighted by molar-refractivity contribution is -0.144. The first-order valence-corrected chi connectivity index (χ1v) is 11.1. The van der Waals surface area contributed by atoms with Gasteiger partial charge in [-0.3, -0.25) is 14.2 Å². The minimum Gasteiger partial charge on any atom is -0.323 e. The Labute approximate surface area is 186 Å². The number of aromatic nitrogens is 2. The highest BCUT2D eigenvalue weighted by atomic mass is 16.2. The van der Waals surface area contributed by atoms with Crippen LogP contribution in [0.1, 0.15) is 35.5 Å². The van der Waals surface area contributed by atoms with Crippen molar-refractivity contribution in [2.24, 2.45) is 0 Å². The average molecular weight is 422 g/mol. The first kappa shape index (κ1) is 19.0. The highest BCUT2D eigenvalue weighted by Crippen LogP contribution is 2.47. The largest absolute Gasteiger partial charge is 0.323 e. The fourth-order valence-electron chi connectivity index (χ4n) is 5.54. The van der Waals surface area contributed by atoms with Gasteiger partial charge in [0.2, 0.25) is 5.91 Å². The average Bonchev–Trinajstić information content (AvgIpc) is 2.83. The number of amides is 1. The van der Waals surface area contributed by atoms with E-state index in [4.69, 9.17) is 4.98 Å². The van der Waals surface area contributed by atoms with Crippen LogP contribution in [-0.4, -0.2) is 26.9 Å². The minimum absolute atomic E-state index is 0.0258. The van der Waals surface area contributed by atoms with E-state index in [0.29, 0.717) is 29.7 Å². The van der Waals surface area contributed by atoms with E-state index < -0.39 is 11.6 Å². The topological polar surface area (TPSA) is 55.2 Å². The Balaban J connectivity index is 1.76. The normalized spacial score (nSPS) is 21.7. The van der Waals surface area contributed by atoms with E-state index in [0.717, 1.165) is 17.5 Å². The Morgan fingerprint density at radius 2 is 1.66 bits per heavy atom. The van der Waals surface area contributed by atoms with Gasteiger partial charge in [0.05, 0.1) is 10.9 Å². The molecule has 2 aliphatic heterocycles. The van der Waals surface area contributed by atoms with Crippen molar-refractivity contribution in [2.75, 3.05) is 6.54 Å². The van der Waals surface area contributed by atoms with Crippen LogP contribution in [0.25, 0.3) is 10.9 Å². The molecule has 0 spiro atoms. The highest BCUT2D eigenvalue weighted by Gasteiger charge is 2.54. The van der Waals surface area contributed by atoms with Crippen molar-refractivity contribution in [2.45, 2.75) is 31.3 Å². The summed E-state index contributed by atoms with van der Waals surface area (Å²) in [6, 6.07) is 25.3. The summed E-state index contributed by atoms with van der Waals surface area (Å²) >= 11 is 0. The minimum atomic E-state index is -0.830. The van der Waals surface area contributed by atoms with Crippen molar-refractivity contribution in [1.29, 1.82) is 0 Å². The number of carbonyl (C=O) groups excluding carboxylic acids is 1. The third kappa shape index (κ3) is 2.48. The number of benzene rings is 3. The molecule has 0 fully saturated rings. The van der Waals surface area contributed by atoms with Gasteiger partial charge in [0.25, 0.3) is 5.56 Å². The lowest BCUT2D eigenvalue weighted by atomic mass is 9.74. The van der Waals surface area contributed by atoms with Gasteiger partial charge in [-0.15, -0.1) is 0 Å². The lowest BCUT2D eigenvalue weighted by Crippen LogP contribution is -2.63. The molecule has 2 atom stereocenters. The number of fused-ring (bicyclic) bond motifs is 6. The summed E-state index contributed by atoms with van der Waals surface area (Å²) in [5, 5.41) is 0.545. The van der Waals surface area contributed by atoms with E-state index in [1.54, 1.807) is 10.6 Å². The molecule has 3 aromatic carbocycles. The number of hydrogen-bond acceptors (Lipinski definition) is 3. The van der Waals surface area contributed by atoms with Crippen LogP contribution < -0.4 is 5.56 Å². The van der Waals surface area contributed by atoms with Gasteiger partial charge in [-0.05, 0) is 42.2 Å². The SMILES string of the molecule is C[C@H]1C(=O)N2CCc3ccccc3[C@]2(Cc2ccccc2)c2nc3ccccc3c(=O)n21. The zero-order valence-electron chi connectivity index (χ0n) is 17.9. The van der Waals surface area contributed by atoms with E-state index in [-0.39, 0.29) is 11.5 Å². The van der Waals surface area contributed by atoms with Crippen LogP contribution >= 0.6 is 0 Å². The molecule has 2 aliphatic rings. The molecule has 0 aliphatic carbocycles. The van der Waals surface area contributed by atoms with E-state index in [2.05, 4.69) is 24.3 Å². The second-order valence-corrected chi connectivity index (χ2v) is 8.72. The molecular weight excluding hydrogens is 398 g/mol. The molecule has 5 nitrogen and oxygen atoms in total. The predicted octanol–water partition coefficient (Wildman–Crippen LogP) is 3.84. The summed E-state index contributed by atoms with van der Waals surface area (Å²) in [6.07, 6.45) is 1.36. The molecule has 0 saturated carbocycles. The van der Waals surface area contributed by atoms with Crippen LogP contribution in [0.15, 0.2) is 83.7 Å². The molecule has 4 aromatic rings. The number of rotatable bonds is 2. The first-order valence-electron chi connectivity index (χ1n) is 11.1. The summed E-state index contributed by atoms with van der Waals surface area (Å²) < 4.78 is 1.65. The standard InChI is InChI=1S/C27H23N3O2/c1-18-24(31)29-16-15-20-11-5-7-13-22(20)27(29,17-19-9-3-2-4-10-19)26-28-23-14-8-6-12-21(23)25(32)30(18)26/h2-14,18H,15-17H2,1H3/t18-,27+/m0/s1. The molecule has 0 saturated heterocycles.